The van der Waals surface area contributed by atoms with Crippen molar-refractivity contribution in [2.75, 3.05) is 27.4 Å². The Morgan fingerprint density at radius 1 is 1.24 bits per heavy atom. The molecule has 0 saturated heterocycles. The highest BCUT2D eigenvalue weighted by Crippen LogP contribution is 2.29. The summed E-state index contributed by atoms with van der Waals surface area (Å²) in [6.45, 7) is 5.19. The van der Waals surface area contributed by atoms with E-state index in [1.54, 1.807) is 32.4 Å². The van der Waals surface area contributed by atoms with Gasteiger partial charge in [0.2, 0.25) is 0 Å². The molecule has 0 radical (unpaired) electrons. The number of benzene rings is 1. The average molecular weight is 348 g/mol. The minimum atomic E-state index is -0.160. The Bertz CT molecular complexity index is 692. The van der Waals surface area contributed by atoms with Crippen molar-refractivity contribution in [3.8, 4) is 11.5 Å². The molecule has 0 spiro atoms. The van der Waals surface area contributed by atoms with Gasteiger partial charge in [-0.05, 0) is 38.5 Å². The van der Waals surface area contributed by atoms with Gasteiger partial charge in [0.25, 0.3) is 5.91 Å². The van der Waals surface area contributed by atoms with Gasteiger partial charge in [-0.15, -0.1) is 0 Å². The predicted molar refractivity (Wildman–Crippen MR) is 92.1 cm³/mol. The van der Waals surface area contributed by atoms with Gasteiger partial charge in [0, 0.05) is 25.8 Å². The van der Waals surface area contributed by atoms with Crippen LogP contribution in [0.4, 0.5) is 0 Å². The highest BCUT2D eigenvalue weighted by molar-refractivity contribution is 5.94. The maximum absolute atomic E-state index is 12.2. The van der Waals surface area contributed by atoms with Crippen LogP contribution in [-0.2, 0) is 11.3 Å². The summed E-state index contributed by atoms with van der Waals surface area (Å²) in [7, 11) is 3.17. The molecule has 1 aromatic carbocycles. The Balaban J connectivity index is 2.02. The summed E-state index contributed by atoms with van der Waals surface area (Å²) in [6, 6.07) is 5.09. The zero-order valence-electron chi connectivity index (χ0n) is 15.0. The smallest absolute Gasteiger partial charge is 0.251 e. The molecule has 0 unspecified atom stereocenters. The summed E-state index contributed by atoms with van der Waals surface area (Å²) in [4.78, 5) is 12.2. The van der Waals surface area contributed by atoms with Crippen molar-refractivity contribution >= 4 is 5.91 Å². The average Bonchev–Trinajstić information content (AvgIpc) is 2.94. The zero-order chi connectivity index (χ0) is 18.2. The minimum absolute atomic E-state index is 0.160. The fourth-order valence-corrected chi connectivity index (χ4v) is 2.31. The van der Waals surface area contributed by atoms with E-state index in [-0.39, 0.29) is 5.91 Å². The summed E-state index contributed by atoms with van der Waals surface area (Å²) in [6.07, 6.45) is 0.762. The van der Waals surface area contributed by atoms with Gasteiger partial charge in [0.05, 0.1) is 18.4 Å². The van der Waals surface area contributed by atoms with Crippen LogP contribution in [-0.4, -0.2) is 38.4 Å². The quantitative estimate of drug-likeness (QED) is 0.702. The molecular formula is C18H24N2O5. The van der Waals surface area contributed by atoms with Crippen molar-refractivity contribution in [1.82, 2.24) is 10.5 Å². The number of nitrogens with zero attached hydrogens (tertiary/aromatic N) is 1. The lowest BCUT2D eigenvalue weighted by atomic mass is 10.2. The highest BCUT2D eigenvalue weighted by Gasteiger charge is 2.14. The first-order valence-corrected chi connectivity index (χ1v) is 8.06. The number of aryl methyl sites for hydroxylation is 2. The number of amides is 1. The number of hydrogen-bond donors (Lipinski definition) is 1. The largest absolute Gasteiger partial charge is 0.493 e. The first-order chi connectivity index (χ1) is 12.1. The lowest BCUT2D eigenvalue weighted by Crippen LogP contribution is -2.25. The Morgan fingerprint density at radius 3 is 2.68 bits per heavy atom. The van der Waals surface area contributed by atoms with Gasteiger partial charge in [-0.25, -0.2) is 0 Å². The number of carbonyl (C=O) groups excluding carboxylic acids is 1. The van der Waals surface area contributed by atoms with Crippen molar-refractivity contribution in [1.29, 1.82) is 0 Å². The molecule has 0 saturated carbocycles. The molecule has 0 bridgehead atoms. The Morgan fingerprint density at radius 2 is 2.04 bits per heavy atom. The van der Waals surface area contributed by atoms with Crippen molar-refractivity contribution < 1.29 is 23.5 Å². The van der Waals surface area contributed by atoms with Crippen LogP contribution in [0.5, 0.6) is 11.5 Å². The van der Waals surface area contributed by atoms with Crippen LogP contribution < -0.4 is 14.8 Å². The maximum atomic E-state index is 12.2. The van der Waals surface area contributed by atoms with Gasteiger partial charge >= 0.3 is 0 Å². The van der Waals surface area contributed by atoms with Gasteiger partial charge in [0.1, 0.15) is 12.4 Å². The number of methoxy groups -OCH3 is 2. The van der Waals surface area contributed by atoms with E-state index in [0.717, 1.165) is 23.4 Å². The van der Waals surface area contributed by atoms with E-state index in [2.05, 4.69) is 10.5 Å². The van der Waals surface area contributed by atoms with E-state index >= 15 is 0 Å². The summed E-state index contributed by atoms with van der Waals surface area (Å²) in [5, 5.41) is 6.74. The number of nitrogens with one attached hydrogen (secondary N) is 1. The normalized spacial score (nSPS) is 10.6. The van der Waals surface area contributed by atoms with Crippen molar-refractivity contribution in [2.45, 2.75) is 26.9 Å². The molecule has 1 N–H and O–H groups in total. The fourth-order valence-electron chi connectivity index (χ4n) is 2.31. The number of carbonyl (C=O) groups is 1. The molecule has 136 valence electrons. The third kappa shape index (κ3) is 4.96. The molecule has 0 atom stereocenters. The van der Waals surface area contributed by atoms with E-state index in [0.29, 0.717) is 36.8 Å². The highest BCUT2D eigenvalue weighted by atomic mass is 16.5. The van der Waals surface area contributed by atoms with E-state index in [4.69, 9.17) is 18.7 Å². The molecule has 2 aromatic rings. The fraction of sp³-hybridized carbons (Fsp3) is 0.444. The van der Waals surface area contributed by atoms with Crippen LogP contribution in [0.1, 0.15) is 33.8 Å². The standard InChI is InChI=1S/C18H24N2O5/c1-12-15(13(2)25-20-12)11-24-16-7-6-14(10-17(16)23-4)18(21)19-8-5-9-22-3/h6-7,10H,5,8-9,11H2,1-4H3,(H,19,21). The number of rotatable bonds is 9. The van der Waals surface area contributed by atoms with Crippen LogP contribution >= 0.6 is 0 Å². The molecule has 7 nitrogen and oxygen atoms in total. The molecule has 2 rings (SSSR count). The van der Waals surface area contributed by atoms with Crippen LogP contribution in [0.3, 0.4) is 0 Å². The zero-order valence-corrected chi connectivity index (χ0v) is 15.0. The molecule has 25 heavy (non-hydrogen) atoms. The predicted octanol–water partition coefficient (Wildman–Crippen LogP) is 2.65. The second-order valence-electron chi connectivity index (χ2n) is 5.56. The van der Waals surface area contributed by atoms with Crippen LogP contribution in [0.2, 0.25) is 0 Å². The van der Waals surface area contributed by atoms with Crippen LogP contribution in [0.15, 0.2) is 22.7 Å². The second-order valence-corrected chi connectivity index (χ2v) is 5.56. The molecule has 0 aliphatic rings. The molecule has 0 aliphatic carbocycles. The third-order valence-corrected chi connectivity index (χ3v) is 3.79. The number of hydrogen-bond acceptors (Lipinski definition) is 6. The number of aromatic nitrogens is 1. The van der Waals surface area contributed by atoms with Crippen molar-refractivity contribution in [3.05, 3.63) is 40.8 Å². The first kappa shape index (κ1) is 18.8. The van der Waals surface area contributed by atoms with E-state index in [1.165, 1.54) is 0 Å². The molecule has 7 heteroatoms. The molecular weight excluding hydrogens is 324 g/mol. The lowest BCUT2D eigenvalue weighted by Gasteiger charge is -2.12. The Kier molecular flexibility index (Phi) is 6.82. The Hall–Kier alpha value is -2.54. The SMILES string of the molecule is COCCCNC(=O)c1ccc(OCc2c(C)noc2C)c(OC)c1. The second kappa shape index (κ2) is 9.08. The van der Waals surface area contributed by atoms with Gasteiger partial charge in [-0.1, -0.05) is 5.16 Å². The molecule has 0 fully saturated rings. The maximum Gasteiger partial charge on any atom is 0.251 e. The van der Waals surface area contributed by atoms with Crippen molar-refractivity contribution in [3.63, 3.8) is 0 Å². The molecule has 1 heterocycles. The van der Waals surface area contributed by atoms with Gasteiger partial charge in [-0.3, -0.25) is 4.79 Å². The van der Waals surface area contributed by atoms with Gasteiger partial charge < -0.3 is 24.1 Å². The molecule has 0 aliphatic heterocycles. The van der Waals surface area contributed by atoms with E-state index < -0.39 is 0 Å². The van der Waals surface area contributed by atoms with Crippen LogP contribution in [0, 0.1) is 13.8 Å². The molecule has 1 aromatic heterocycles. The third-order valence-electron chi connectivity index (χ3n) is 3.79. The Labute approximate surface area is 147 Å². The summed E-state index contributed by atoms with van der Waals surface area (Å²) in [5.41, 5.74) is 2.21. The van der Waals surface area contributed by atoms with Gasteiger partial charge in [0.15, 0.2) is 11.5 Å². The van der Waals surface area contributed by atoms with Gasteiger partial charge in [-0.2, -0.15) is 0 Å². The van der Waals surface area contributed by atoms with E-state index in [9.17, 15) is 4.79 Å². The number of ether oxygens (including phenoxy) is 3. The van der Waals surface area contributed by atoms with Crippen molar-refractivity contribution in [2.24, 2.45) is 0 Å². The monoisotopic (exact) mass is 348 g/mol. The lowest BCUT2D eigenvalue weighted by molar-refractivity contribution is 0.0948. The van der Waals surface area contributed by atoms with E-state index in [1.807, 2.05) is 13.8 Å². The first-order valence-electron chi connectivity index (χ1n) is 8.06. The minimum Gasteiger partial charge on any atom is -0.493 e. The molecule has 1 amide bonds. The summed E-state index contributed by atoms with van der Waals surface area (Å²) < 4.78 is 21.2. The topological polar surface area (TPSA) is 82.8 Å². The summed E-state index contributed by atoms with van der Waals surface area (Å²) in [5.74, 6) is 1.62. The summed E-state index contributed by atoms with van der Waals surface area (Å²) >= 11 is 0. The van der Waals surface area contributed by atoms with Crippen LogP contribution in [0.25, 0.3) is 0 Å².